The Bertz CT molecular complexity index is 818. The molecule has 0 bridgehead atoms. The third kappa shape index (κ3) is 5.49. The zero-order chi connectivity index (χ0) is 19.8. The van der Waals surface area contributed by atoms with Gasteiger partial charge in [0, 0.05) is 24.7 Å². The summed E-state index contributed by atoms with van der Waals surface area (Å²) in [6.07, 6.45) is 1.21. The van der Waals surface area contributed by atoms with E-state index >= 15 is 0 Å². The number of methoxy groups -OCH3 is 2. The van der Waals surface area contributed by atoms with E-state index in [0.29, 0.717) is 37.3 Å². The average Bonchev–Trinajstić information content (AvgIpc) is 2.68. The topological polar surface area (TPSA) is 62.6 Å². The minimum absolute atomic E-state index is 0.00436. The molecule has 142 valence electrons. The number of carbonyl (C=O) groups is 1. The van der Waals surface area contributed by atoms with Gasteiger partial charge in [-0.1, -0.05) is 6.07 Å². The highest BCUT2D eigenvalue weighted by atomic mass is 16.5. The van der Waals surface area contributed by atoms with Crippen molar-refractivity contribution in [1.82, 2.24) is 0 Å². The van der Waals surface area contributed by atoms with Gasteiger partial charge in [-0.25, -0.2) is 0 Å². The third-order valence-corrected chi connectivity index (χ3v) is 4.59. The van der Waals surface area contributed by atoms with Crippen molar-refractivity contribution >= 4 is 11.6 Å². The molecule has 0 saturated heterocycles. The highest BCUT2D eigenvalue weighted by Gasteiger charge is 2.16. The molecule has 0 radical (unpaired) electrons. The van der Waals surface area contributed by atoms with Gasteiger partial charge in [0.1, 0.15) is 11.5 Å². The lowest BCUT2D eigenvalue weighted by atomic mass is 10.1. The van der Waals surface area contributed by atoms with E-state index in [1.165, 1.54) is 5.56 Å². The molecule has 2 aromatic carbocycles. The van der Waals surface area contributed by atoms with E-state index in [0.717, 1.165) is 16.8 Å². The Morgan fingerprint density at radius 1 is 1.04 bits per heavy atom. The molecule has 0 aliphatic carbocycles. The predicted molar refractivity (Wildman–Crippen MR) is 106 cm³/mol. The predicted octanol–water partition coefficient (Wildman–Crippen LogP) is 4.20. The third-order valence-electron chi connectivity index (χ3n) is 4.59. The number of ether oxygens (including phenoxy) is 2. The van der Waals surface area contributed by atoms with Gasteiger partial charge < -0.3 is 14.4 Å². The van der Waals surface area contributed by atoms with Crippen molar-refractivity contribution in [2.45, 2.75) is 33.1 Å². The largest absolute Gasteiger partial charge is 0.497 e. The molecule has 5 nitrogen and oxygen atoms in total. The highest BCUT2D eigenvalue weighted by molar-refractivity contribution is 5.93. The van der Waals surface area contributed by atoms with Gasteiger partial charge in [0.2, 0.25) is 5.91 Å². The smallest absolute Gasteiger partial charge is 0.227 e. The number of hydrogen-bond acceptors (Lipinski definition) is 4. The number of amides is 1. The number of hydrogen-bond donors (Lipinski definition) is 0. The van der Waals surface area contributed by atoms with Crippen molar-refractivity contribution in [1.29, 1.82) is 5.26 Å². The number of anilines is 1. The summed E-state index contributed by atoms with van der Waals surface area (Å²) in [5.41, 5.74) is 4.11. The van der Waals surface area contributed by atoms with Crippen LogP contribution in [0.5, 0.6) is 11.5 Å². The Morgan fingerprint density at radius 3 is 2.26 bits per heavy atom. The number of benzene rings is 2. The molecule has 0 aliphatic heterocycles. The summed E-state index contributed by atoms with van der Waals surface area (Å²) in [6, 6.07) is 13.7. The fourth-order valence-electron chi connectivity index (χ4n) is 2.85. The normalized spacial score (nSPS) is 10.2. The van der Waals surface area contributed by atoms with Gasteiger partial charge in [-0.3, -0.25) is 4.79 Å². The summed E-state index contributed by atoms with van der Waals surface area (Å²) >= 11 is 0. The SMILES string of the molecule is COc1cc(CCC(=O)N(CCC#N)c2ccc(C)c(C)c2)cc(OC)c1. The van der Waals surface area contributed by atoms with Crippen molar-refractivity contribution in [3.8, 4) is 17.6 Å². The zero-order valence-electron chi connectivity index (χ0n) is 16.4. The first-order valence-electron chi connectivity index (χ1n) is 8.95. The second-order valence-corrected chi connectivity index (χ2v) is 6.44. The molecular weight excluding hydrogens is 340 g/mol. The maximum atomic E-state index is 12.9. The summed E-state index contributed by atoms with van der Waals surface area (Å²) in [6.45, 7) is 4.45. The van der Waals surface area contributed by atoms with Crippen LogP contribution in [-0.2, 0) is 11.2 Å². The Morgan fingerprint density at radius 2 is 1.70 bits per heavy atom. The minimum Gasteiger partial charge on any atom is -0.497 e. The van der Waals surface area contributed by atoms with Crippen LogP contribution in [0.15, 0.2) is 36.4 Å². The zero-order valence-corrected chi connectivity index (χ0v) is 16.4. The molecule has 0 aromatic heterocycles. The Hall–Kier alpha value is -3.00. The Balaban J connectivity index is 2.16. The van der Waals surface area contributed by atoms with E-state index in [9.17, 15) is 4.79 Å². The first kappa shape index (κ1) is 20.3. The monoisotopic (exact) mass is 366 g/mol. The molecular formula is C22H26N2O3. The van der Waals surface area contributed by atoms with Crippen LogP contribution in [-0.4, -0.2) is 26.7 Å². The van der Waals surface area contributed by atoms with E-state index in [1.807, 2.05) is 44.2 Å². The molecule has 0 saturated carbocycles. The summed E-state index contributed by atoms with van der Waals surface area (Å²) < 4.78 is 10.6. The van der Waals surface area contributed by atoms with Crippen molar-refractivity contribution < 1.29 is 14.3 Å². The molecule has 5 heteroatoms. The fraction of sp³-hybridized carbons (Fsp3) is 0.364. The maximum absolute atomic E-state index is 12.9. The lowest BCUT2D eigenvalue weighted by Crippen LogP contribution is -2.32. The molecule has 1 amide bonds. The summed E-state index contributed by atoms with van der Waals surface area (Å²) in [7, 11) is 3.21. The second kappa shape index (κ2) is 9.63. The number of nitrogens with zero attached hydrogens (tertiary/aromatic N) is 2. The van der Waals surface area contributed by atoms with Gasteiger partial charge in [0.05, 0.1) is 26.7 Å². The molecule has 27 heavy (non-hydrogen) atoms. The molecule has 0 spiro atoms. The molecule has 2 rings (SSSR count). The maximum Gasteiger partial charge on any atom is 0.227 e. The average molecular weight is 366 g/mol. The van der Waals surface area contributed by atoms with Crippen molar-refractivity contribution in [2.24, 2.45) is 0 Å². The first-order valence-corrected chi connectivity index (χ1v) is 8.95. The van der Waals surface area contributed by atoms with Crippen LogP contribution >= 0.6 is 0 Å². The summed E-state index contributed by atoms with van der Waals surface area (Å²) in [5, 5.41) is 8.95. The van der Waals surface area contributed by atoms with Crippen molar-refractivity contribution in [3.63, 3.8) is 0 Å². The minimum atomic E-state index is -0.00436. The van der Waals surface area contributed by atoms with E-state index in [2.05, 4.69) is 6.07 Å². The van der Waals surface area contributed by atoms with Crippen LogP contribution < -0.4 is 14.4 Å². The van der Waals surface area contributed by atoms with E-state index in [4.69, 9.17) is 14.7 Å². The Labute approximate surface area is 161 Å². The van der Waals surface area contributed by atoms with Gasteiger partial charge in [0.25, 0.3) is 0 Å². The molecule has 2 aromatic rings. The van der Waals surface area contributed by atoms with Gasteiger partial charge in [-0.2, -0.15) is 5.26 Å². The van der Waals surface area contributed by atoms with Crippen LogP contribution in [0.25, 0.3) is 0 Å². The van der Waals surface area contributed by atoms with Crippen LogP contribution in [0, 0.1) is 25.2 Å². The van der Waals surface area contributed by atoms with Crippen LogP contribution in [0.1, 0.15) is 29.5 Å². The van der Waals surface area contributed by atoms with Crippen LogP contribution in [0.4, 0.5) is 5.69 Å². The standard InChI is InChI=1S/C22H26N2O3/c1-16-6-8-19(12-17(16)2)24(11-5-10-23)22(25)9-7-18-13-20(26-3)15-21(14-18)27-4/h6,8,12-15H,5,7,9,11H2,1-4H3. The number of nitriles is 1. The highest BCUT2D eigenvalue weighted by Crippen LogP contribution is 2.24. The van der Waals surface area contributed by atoms with Crippen LogP contribution in [0.3, 0.4) is 0 Å². The lowest BCUT2D eigenvalue weighted by molar-refractivity contribution is -0.118. The van der Waals surface area contributed by atoms with Crippen molar-refractivity contribution in [3.05, 3.63) is 53.1 Å². The number of rotatable bonds is 8. The Kier molecular flexibility index (Phi) is 7.25. The van der Waals surface area contributed by atoms with Crippen LogP contribution in [0.2, 0.25) is 0 Å². The lowest BCUT2D eigenvalue weighted by Gasteiger charge is -2.23. The molecule has 0 N–H and O–H groups in total. The fourth-order valence-corrected chi connectivity index (χ4v) is 2.85. The number of aryl methyl sites for hydroxylation is 3. The molecule has 0 unspecified atom stereocenters. The van der Waals surface area contributed by atoms with Crippen molar-refractivity contribution in [2.75, 3.05) is 25.7 Å². The molecule has 0 fully saturated rings. The quantitative estimate of drug-likeness (QED) is 0.702. The van der Waals surface area contributed by atoms with E-state index in [-0.39, 0.29) is 5.91 Å². The molecule has 0 atom stereocenters. The first-order chi connectivity index (χ1) is 13.0. The molecule has 0 aliphatic rings. The summed E-state index contributed by atoms with van der Waals surface area (Å²) in [4.78, 5) is 14.6. The van der Waals surface area contributed by atoms with Gasteiger partial charge in [-0.05, 0) is 61.2 Å². The van der Waals surface area contributed by atoms with E-state index in [1.54, 1.807) is 25.2 Å². The van der Waals surface area contributed by atoms with Gasteiger partial charge >= 0.3 is 0 Å². The molecule has 0 heterocycles. The number of carbonyl (C=O) groups excluding carboxylic acids is 1. The van der Waals surface area contributed by atoms with E-state index < -0.39 is 0 Å². The van der Waals surface area contributed by atoms with Gasteiger partial charge in [0.15, 0.2) is 0 Å². The summed E-state index contributed by atoms with van der Waals surface area (Å²) in [5.74, 6) is 1.40. The van der Waals surface area contributed by atoms with Gasteiger partial charge in [-0.15, -0.1) is 0 Å². The second-order valence-electron chi connectivity index (χ2n) is 6.44.